The highest BCUT2D eigenvalue weighted by Gasteiger charge is 2.08. The highest BCUT2D eigenvalue weighted by Crippen LogP contribution is 2.18. The number of ether oxygens (including phenoxy) is 1. The van der Waals surface area contributed by atoms with Crippen LogP contribution in [0.2, 0.25) is 0 Å². The van der Waals surface area contributed by atoms with Crippen LogP contribution < -0.4 is 5.32 Å². The van der Waals surface area contributed by atoms with E-state index in [4.69, 9.17) is 9.26 Å². The summed E-state index contributed by atoms with van der Waals surface area (Å²) in [6.45, 7) is 3.80. The molecule has 0 unspecified atom stereocenters. The molecule has 6 heteroatoms. The summed E-state index contributed by atoms with van der Waals surface area (Å²) in [4.78, 5) is 15.5. The van der Waals surface area contributed by atoms with E-state index < -0.39 is 5.97 Å². The van der Waals surface area contributed by atoms with E-state index in [1.807, 2.05) is 30.3 Å². The number of carbonyl (C=O) groups is 1. The molecule has 20 heavy (non-hydrogen) atoms. The van der Waals surface area contributed by atoms with Gasteiger partial charge in [-0.1, -0.05) is 18.2 Å². The Labute approximate surface area is 116 Å². The van der Waals surface area contributed by atoms with Gasteiger partial charge in [0.05, 0.1) is 6.61 Å². The van der Waals surface area contributed by atoms with Crippen LogP contribution in [0.15, 0.2) is 46.6 Å². The molecule has 1 N–H and O–H groups in total. The van der Waals surface area contributed by atoms with Gasteiger partial charge in [0.2, 0.25) is 0 Å². The largest absolute Gasteiger partial charge is 0.463 e. The maximum atomic E-state index is 11.3. The minimum Gasteiger partial charge on any atom is -0.463 e. The number of nitrogens with zero attached hydrogens (tertiary/aromatic N) is 2. The average molecular weight is 273 g/mol. The number of hydrogen-bond acceptors (Lipinski definition) is 6. The van der Waals surface area contributed by atoms with Crippen molar-refractivity contribution in [2.24, 2.45) is 0 Å². The number of benzene rings is 1. The number of anilines is 1. The minimum atomic E-state index is -0.413. The van der Waals surface area contributed by atoms with Crippen molar-refractivity contribution >= 4 is 11.9 Å². The number of nitrogens with one attached hydrogen (secondary N) is 1. The van der Waals surface area contributed by atoms with E-state index in [-0.39, 0.29) is 0 Å². The molecule has 0 aliphatic carbocycles. The van der Waals surface area contributed by atoms with E-state index in [9.17, 15) is 4.79 Å². The summed E-state index contributed by atoms with van der Waals surface area (Å²) in [5.74, 6) is 0.295. The van der Waals surface area contributed by atoms with Crippen molar-refractivity contribution in [2.45, 2.75) is 13.8 Å². The van der Waals surface area contributed by atoms with Crippen molar-refractivity contribution in [3.05, 3.63) is 42.1 Å². The van der Waals surface area contributed by atoms with Gasteiger partial charge in [-0.05, 0) is 31.1 Å². The van der Waals surface area contributed by atoms with Gasteiger partial charge in [0.15, 0.2) is 0 Å². The standard InChI is InChI=1S/C14H15N3O3/c1-3-19-12(18)9-10(2)15-14-16-13(20-17-14)11-7-5-4-6-8-11/h4-9H,3H2,1-2H3,(H,15,17)/b10-9+. The second-order valence-corrected chi connectivity index (χ2v) is 3.99. The molecule has 0 saturated heterocycles. The first-order chi connectivity index (χ1) is 9.69. The van der Waals surface area contributed by atoms with E-state index in [1.165, 1.54) is 6.08 Å². The van der Waals surface area contributed by atoms with Gasteiger partial charge in [0.1, 0.15) is 0 Å². The molecular weight excluding hydrogens is 258 g/mol. The number of hydrogen-bond donors (Lipinski definition) is 1. The van der Waals surface area contributed by atoms with E-state index in [0.717, 1.165) is 5.56 Å². The molecule has 0 spiro atoms. The van der Waals surface area contributed by atoms with Gasteiger partial charge in [0.25, 0.3) is 11.8 Å². The smallest absolute Gasteiger partial charge is 0.332 e. The molecule has 2 rings (SSSR count). The Bertz CT molecular complexity index is 605. The first kappa shape index (κ1) is 13.8. The van der Waals surface area contributed by atoms with Crippen LogP contribution in [0.1, 0.15) is 13.8 Å². The Morgan fingerprint density at radius 3 is 2.85 bits per heavy atom. The number of aromatic nitrogens is 2. The van der Waals surface area contributed by atoms with Crippen LogP contribution in [-0.4, -0.2) is 22.7 Å². The molecule has 0 saturated carbocycles. The highest BCUT2D eigenvalue weighted by atomic mass is 16.5. The van der Waals surface area contributed by atoms with Gasteiger partial charge in [-0.25, -0.2) is 4.79 Å². The molecule has 6 nitrogen and oxygen atoms in total. The highest BCUT2D eigenvalue weighted by molar-refractivity contribution is 5.83. The number of carbonyl (C=O) groups excluding carboxylic acids is 1. The summed E-state index contributed by atoms with van der Waals surface area (Å²) in [5, 5.41) is 6.66. The predicted octanol–water partition coefficient (Wildman–Crippen LogP) is 2.62. The van der Waals surface area contributed by atoms with Gasteiger partial charge in [0, 0.05) is 17.3 Å². The van der Waals surface area contributed by atoms with Gasteiger partial charge in [-0.2, -0.15) is 4.98 Å². The van der Waals surface area contributed by atoms with Crippen LogP contribution in [0.5, 0.6) is 0 Å². The monoisotopic (exact) mass is 273 g/mol. The molecule has 1 aromatic carbocycles. The zero-order chi connectivity index (χ0) is 14.4. The molecule has 2 aromatic rings. The van der Waals surface area contributed by atoms with Crippen LogP contribution >= 0.6 is 0 Å². The maximum Gasteiger partial charge on any atom is 0.332 e. The fourth-order valence-electron chi connectivity index (χ4n) is 1.55. The quantitative estimate of drug-likeness (QED) is 0.666. The molecule has 0 aliphatic heterocycles. The molecular formula is C14H15N3O3. The van der Waals surface area contributed by atoms with Crippen molar-refractivity contribution < 1.29 is 14.1 Å². The third-order valence-corrected chi connectivity index (χ3v) is 2.38. The van der Waals surface area contributed by atoms with Crippen molar-refractivity contribution in [1.82, 2.24) is 10.1 Å². The van der Waals surface area contributed by atoms with Gasteiger partial charge in [-0.15, -0.1) is 0 Å². The van der Waals surface area contributed by atoms with Crippen LogP contribution in [0.25, 0.3) is 11.5 Å². The summed E-state index contributed by atoms with van der Waals surface area (Å²) in [7, 11) is 0. The van der Waals surface area contributed by atoms with Crippen LogP contribution in [0.4, 0.5) is 5.95 Å². The molecule has 0 bridgehead atoms. The Morgan fingerprint density at radius 1 is 1.40 bits per heavy atom. The van der Waals surface area contributed by atoms with Crippen LogP contribution in [0, 0.1) is 0 Å². The molecule has 0 amide bonds. The summed E-state index contributed by atoms with van der Waals surface area (Å²) in [5.41, 5.74) is 1.41. The summed E-state index contributed by atoms with van der Waals surface area (Å²) >= 11 is 0. The molecule has 1 aromatic heterocycles. The number of rotatable bonds is 5. The van der Waals surface area contributed by atoms with E-state index in [2.05, 4.69) is 15.5 Å². The van der Waals surface area contributed by atoms with Gasteiger partial charge < -0.3 is 14.6 Å². The summed E-state index contributed by atoms with van der Waals surface area (Å²) in [6, 6.07) is 9.43. The Hall–Kier alpha value is -2.63. The number of esters is 1. The van der Waals surface area contributed by atoms with E-state index >= 15 is 0 Å². The Kier molecular flexibility index (Phi) is 4.49. The third-order valence-electron chi connectivity index (χ3n) is 2.38. The minimum absolute atomic E-state index is 0.293. The molecule has 104 valence electrons. The maximum absolute atomic E-state index is 11.3. The first-order valence-electron chi connectivity index (χ1n) is 6.20. The van der Waals surface area contributed by atoms with E-state index in [1.54, 1.807) is 13.8 Å². The van der Waals surface area contributed by atoms with Crippen LogP contribution in [-0.2, 0) is 9.53 Å². The van der Waals surface area contributed by atoms with Crippen molar-refractivity contribution in [3.8, 4) is 11.5 Å². The molecule has 1 heterocycles. The molecule has 0 aliphatic rings. The fraction of sp³-hybridized carbons (Fsp3) is 0.214. The van der Waals surface area contributed by atoms with Gasteiger partial charge >= 0.3 is 5.97 Å². The van der Waals surface area contributed by atoms with Crippen molar-refractivity contribution in [1.29, 1.82) is 0 Å². The lowest BCUT2D eigenvalue weighted by molar-refractivity contribution is -0.137. The first-order valence-corrected chi connectivity index (χ1v) is 6.20. The molecule has 0 fully saturated rings. The predicted molar refractivity (Wildman–Crippen MR) is 73.7 cm³/mol. The Morgan fingerprint density at radius 2 is 2.15 bits per heavy atom. The SMILES string of the molecule is CCOC(=O)/C=C(\C)Nc1noc(-c2ccccc2)n1. The summed E-state index contributed by atoms with van der Waals surface area (Å²) < 4.78 is 9.94. The lowest BCUT2D eigenvalue weighted by atomic mass is 10.2. The zero-order valence-electron chi connectivity index (χ0n) is 11.3. The fourth-order valence-corrected chi connectivity index (χ4v) is 1.55. The molecule has 0 atom stereocenters. The normalized spacial score (nSPS) is 11.2. The lowest BCUT2D eigenvalue weighted by Gasteiger charge is -2.00. The second-order valence-electron chi connectivity index (χ2n) is 3.99. The van der Waals surface area contributed by atoms with Crippen molar-refractivity contribution in [2.75, 3.05) is 11.9 Å². The topological polar surface area (TPSA) is 77.2 Å². The average Bonchev–Trinajstić information content (AvgIpc) is 2.88. The Balaban J connectivity index is 2.05. The second kappa shape index (κ2) is 6.51. The van der Waals surface area contributed by atoms with E-state index in [0.29, 0.717) is 24.1 Å². The zero-order valence-corrected chi connectivity index (χ0v) is 11.3. The van der Waals surface area contributed by atoms with Crippen LogP contribution in [0.3, 0.4) is 0 Å². The molecule has 0 radical (unpaired) electrons. The third kappa shape index (κ3) is 3.68. The lowest BCUT2D eigenvalue weighted by Crippen LogP contribution is -2.04. The van der Waals surface area contributed by atoms with Gasteiger partial charge in [-0.3, -0.25) is 0 Å². The van der Waals surface area contributed by atoms with Crippen molar-refractivity contribution in [3.63, 3.8) is 0 Å². The summed E-state index contributed by atoms with van der Waals surface area (Å²) in [6.07, 6.45) is 1.34. The number of allylic oxidation sites excluding steroid dienone is 1.